The maximum Gasteiger partial charge on any atom is 0.0379 e. The van der Waals surface area contributed by atoms with Gasteiger partial charge >= 0.3 is 0 Å². The first-order valence-corrected chi connectivity index (χ1v) is 5.86. The fraction of sp³-hybridized carbons (Fsp3) is 0.125. The van der Waals surface area contributed by atoms with Gasteiger partial charge in [0, 0.05) is 11.6 Å². The van der Waals surface area contributed by atoms with Gasteiger partial charge in [-0.25, -0.2) is 0 Å². The Labute approximate surface area is 103 Å². The molecule has 1 heteroatoms. The summed E-state index contributed by atoms with van der Waals surface area (Å²) < 4.78 is 0. The summed E-state index contributed by atoms with van der Waals surface area (Å²) in [6, 6.07) is 10.1. The Morgan fingerprint density at radius 1 is 1.18 bits per heavy atom. The molecule has 0 fully saturated rings. The largest absolute Gasteiger partial charge is 0.362 e. The van der Waals surface area contributed by atoms with Crippen molar-refractivity contribution in [3.63, 3.8) is 0 Å². The highest BCUT2D eigenvalue weighted by Gasteiger charge is 2.06. The number of nitrogens with one attached hydrogen (secondary N) is 1. The normalized spacial score (nSPS) is 18.8. The first-order chi connectivity index (χ1) is 8.36. The molecule has 0 spiro atoms. The molecule has 0 saturated carbocycles. The number of allylic oxidation sites excluding steroid dienone is 6. The van der Waals surface area contributed by atoms with Crippen LogP contribution in [0.25, 0.3) is 0 Å². The Bertz CT molecular complexity index is 452. The Hall–Kier alpha value is -2.02. The minimum absolute atomic E-state index is 0.439. The predicted octanol–water partition coefficient (Wildman–Crippen LogP) is 4.30. The van der Waals surface area contributed by atoms with Crippen molar-refractivity contribution in [2.24, 2.45) is 5.92 Å². The van der Waals surface area contributed by atoms with Gasteiger partial charge in [0.25, 0.3) is 0 Å². The summed E-state index contributed by atoms with van der Waals surface area (Å²) in [5.41, 5.74) is 2.29. The van der Waals surface area contributed by atoms with Crippen LogP contribution < -0.4 is 5.32 Å². The van der Waals surface area contributed by atoms with Crippen molar-refractivity contribution < 1.29 is 0 Å². The second kappa shape index (κ2) is 5.90. The summed E-state index contributed by atoms with van der Waals surface area (Å²) in [6.45, 7) is 4.04. The minimum Gasteiger partial charge on any atom is -0.362 e. The Balaban J connectivity index is 1.81. The van der Waals surface area contributed by atoms with Crippen molar-refractivity contribution in [1.29, 1.82) is 0 Å². The number of para-hydroxylation sites is 1. The molecule has 1 aliphatic rings. The van der Waals surface area contributed by atoms with Crippen molar-refractivity contribution in [2.75, 3.05) is 5.32 Å². The summed E-state index contributed by atoms with van der Waals surface area (Å²) in [5, 5.41) is 3.25. The zero-order valence-electron chi connectivity index (χ0n) is 9.84. The third kappa shape index (κ3) is 3.49. The van der Waals surface area contributed by atoms with Gasteiger partial charge < -0.3 is 5.32 Å². The van der Waals surface area contributed by atoms with Crippen LogP contribution >= 0.6 is 0 Å². The van der Waals surface area contributed by atoms with Gasteiger partial charge in [0.2, 0.25) is 0 Å². The molecule has 1 nitrogen and oxygen atoms in total. The van der Waals surface area contributed by atoms with E-state index in [1.165, 1.54) is 5.57 Å². The summed E-state index contributed by atoms with van der Waals surface area (Å²) in [7, 11) is 0. The summed E-state index contributed by atoms with van der Waals surface area (Å²) >= 11 is 0. The molecule has 1 unspecified atom stereocenters. The van der Waals surface area contributed by atoms with E-state index in [2.05, 4.69) is 36.2 Å². The highest BCUT2D eigenvalue weighted by molar-refractivity contribution is 5.44. The zero-order chi connectivity index (χ0) is 11.9. The molecule has 0 aromatic heterocycles. The van der Waals surface area contributed by atoms with E-state index in [1.54, 1.807) is 0 Å². The molecule has 2 rings (SSSR count). The molecule has 0 heterocycles. The molecule has 0 amide bonds. The summed E-state index contributed by atoms with van der Waals surface area (Å²) in [6.07, 6.45) is 13.5. The summed E-state index contributed by atoms with van der Waals surface area (Å²) in [5.74, 6) is 0.439. The lowest BCUT2D eigenvalue weighted by atomic mass is 9.93. The van der Waals surface area contributed by atoms with Crippen molar-refractivity contribution in [3.8, 4) is 0 Å². The smallest absolute Gasteiger partial charge is 0.0379 e. The lowest BCUT2D eigenvalue weighted by Gasteiger charge is -2.13. The zero-order valence-corrected chi connectivity index (χ0v) is 9.84. The standard InChI is InChI=1S/C16H17N/c1-14-8-5-6-9-15(14)10-7-13-17-16-11-3-2-4-12-16/h2-9,11-13,15,17H,1,10H2/b13-7+. The Morgan fingerprint density at radius 2 is 2.00 bits per heavy atom. The van der Waals surface area contributed by atoms with E-state index < -0.39 is 0 Å². The van der Waals surface area contributed by atoms with E-state index in [0.717, 1.165) is 12.1 Å². The molecule has 0 saturated heterocycles. The topological polar surface area (TPSA) is 12.0 Å². The lowest BCUT2D eigenvalue weighted by Crippen LogP contribution is -1.99. The average molecular weight is 223 g/mol. The van der Waals surface area contributed by atoms with Gasteiger partial charge in [0.15, 0.2) is 0 Å². The highest BCUT2D eigenvalue weighted by Crippen LogP contribution is 2.20. The number of hydrogen-bond donors (Lipinski definition) is 1. The molecule has 0 aliphatic heterocycles. The van der Waals surface area contributed by atoms with Gasteiger partial charge in [-0.15, -0.1) is 0 Å². The van der Waals surface area contributed by atoms with Crippen LogP contribution in [0.1, 0.15) is 6.42 Å². The molecule has 1 aromatic carbocycles. The van der Waals surface area contributed by atoms with Crippen molar-refractivity contribution in [2.45, 2.75) is 6.42 Å². The highest BCUT2D eigenvalue weighted by atomic mass is 14.8. The van der Waals surface area contributed by atoms with E-state index in [-0.39, 0.29) is 0 Å². The van der Waals surface area contributed by atoms with Gasteiger partial charge in [0.05, 0.1) is 0 Å². The van der Waals surface area contributed by atoms with Crippen molar-refractivity contribution in [1.82, 2.24) is 0 Å². The maximum atomic E-state index is 4.04. The van der Waals surface area contributed by atoms with Crippen LogP contribution in [0.2, 0.25) is 0 Å². The average Bonchev–Trinajstić information content (AvgIpc) is 2.38. The molecule has 0 bridgehead atoms. The molecule has 1 N–H and O–H groups in total. The minimum atomic E-state index is 0.439. The quantitative estimate of drug-likeness (QED) is 0.802. The third-order valence-electron chi connectivity index (χ3n) is 2.77. The lowest BCUT2D eigenvalue weighted by molar-refractivity contribution is 0.793. The van der Waals surface area contributed by atoms with E-state index in [0.29, 0.717) is 5.92 Å². The molecule has 86 valence electrons. The second-order valence-electron chi connectivity index (χ2n) is 4.07. The Morgan fingerprint density at radius 3 is 2.76 bits per heavy atom. The Kier molecular flexibility index (Phi) is 3.98. The maximum absolute atomic E-state index is 4.04. The van der Waals surface area contributed by atoms with E-state index >= 15 is 0 Å². The van der Waals surface area contributed by atoms with E-state index in [4.69, 9.17) is 0 Å². The van der Waals surface area contributed by atoms with E-state index in [1.807, 2.05) is 42.6 Å². The first-order valence-electron chi connectivity index (χ1n) is 5.86. The monoisotopic (exact) mass is 223 g/mol. The molecular weight excluding hydrogens is 206 g/mol. The van der Waals surface area contributed by atoms with Gasteiger partial charge in [-0.2, -0.15) is 0 Å². The SMILES string of the molecule is C=C1C=CC=CC1C/C=C/Nc1ccccc1. The van der Waals surface area contributed by atoms with Crippen molar-refractivity contribution >= 4 is 5.69 Å². The van der Waals surface area contributed by atoms with Crippen LogP contribution in [0, 0.1) is 5.92 Å². The fourth-order valence-corrected chi connectivity index (χ4v) is 1.76. The molecule has 1 aliphatic carbocycles. The van der Waals surface area contributed by atoms with Crippen LogP contribution in [-0.2, 0) is 0 Å². The van der Waals surface area contributed by atoms with E-state index in [9.17, 15) is 0 Å². The van der Waals surface area contributed by atoms with Crippen LogP contribution in [0.15, 0.2) is 79.1 Å². The van der Waals surface area contributed by atoms with Crippen LogP contribution in [-0.4, -0.2) is 0 Å². The molecule has 1 aromatic rings. The predicted molar refractivity (Wildman–Crippen MR) is 74.7 cm³/mol. The van der Waals surface area contributed by atoms with Gasteiger partial charge in [-0.1, -0.05) is 55.2 Å². The number of benzene rings is 1. The van der Waals surface area contributed by atoms with Crippen LogP contribution in [0.3, 0.4) is 0 Å². The third-order valence-corrected chi connectivity index (χ3v) is 2.77. The van der Waals surface area contributed by atoms with Gasteiger partial charge in [-0.05, 0) is 30.3 Å². The number of hydrogen-bond acceptors (Lipinski definition) is 1. The first kappa shape index (κ1) is 11.5. The number of rotatable bonds is 4. The molecule has 1 atom stereocenters. The molecule has 17 heavy (non-hydrogen) atoms. The van der Waals surface area contributed by atoms with Crippen molar-refractivity contribution in [3.05, 3.63) is 79.1 Å². The second-order valence-corrected chi connectivity index (χ2v) is 4.07. The summed E-state index contributed by atoms with van der Waals surface area (Å²) in [4.78, 5) is 0. The molecule has 0 radical (unpaired) electrons. The molecular formula is C16H17N. The van der Waals surface area contributed by atoms with Gasteiger partial charge in [-0.3, -0.25) is 0 Å². The van der Waals surface area contributed by atoms with Crippen LogP contribution in [0.4, 0.5) is 5.69 Å². The van der Waals surface area contributed by atoms with Gasteiger partial charge in [0.1, 0.15) is 0 Å². The van der Waals surface area contributed by atoms with Crippen LogP contribution in [0.5, 0.6) is 0 Å². The number of anilines is 1. The fourth-order valence-electron chi connectivity index (χ4n) is 1.76.